The van der Waals surface area contributed by atoms with Crippen LogP contribution >= 0.6 is 47.0 Å². The molecule has 0 atom stereocenters. The van der Waals surface area contributed by atoms with Gasteiger partial charge in [-0.3, -0.25) is 0 Å². The van der Waals surface area contributed by atoms with Gasteiger partial charge in [0.15, 0.2) is 0 Å². The maximum Gasteiger partial charge on any atom is 0.0232 e. The molecule has 0 aliphatic carbocycles. The lowest BCUT2D eigenvalue weighted by Gasteiger charge is -2.19. The van der Waals surface area contributed by atoms with Crippen molar-refractivity contribution < 1.29 is 0 Å². The summed E-state index contributed by atoms with van der Waals surface area (Å²) in [5.74, 6) is 3.66. The first kappa shape index (κ1) is 45.8. The highest BCUT2D eigenvalue weighted by Gasteiger charge is 2.18. The van der Waals surface area contributed by atoms with E-state index in [1.165, 1.54) is 108 Å². The molecule has 0 aliphatic rings. The zero-order valence-corrected chi connectivity index (χ0v) is 42.0. The maximum absolute atomic E-state index is 2.40. The van der Waals surface area contributed by atoms with E-state index in [9.17, 15) is 0 Å². The molecule has 70 heavy (non-hydrogen) atoms. The smallest absolute Gasteiger partial charge is 0.0232 e. The molecule has 0 aromatic heterocycles. The van der Waals surface area contributed by atoms with Gasteiger partial charge in [0.05, 0.1) is 0 Å². The second-order valence-corrected chi connectivity index (χ2v) is 21.7. The van der Waals surface area contributed by atoms with E-state index in [2.05, 4.69) is 255 Å². The molecule has 0 bridgehead atoms. The number of hydrogen-bond donors (Lipinski definition) is 0. The van der Waals surface area contributed by atoms with Crippen LogP contribution in [0.15, 0.2) is 274 Å². The minimum Gasteiger partial charge on any atom is -0.121 e. The fourth-order valence-corrected chi connectivity index (χ4v) is 12.7. The summed E-state index contributed by atoms with van der Waals surface area (Å²) in [4.78, 5) is 5.15. The zero-order chi connectivity index (χ0) is 46.9. The van der Waals surface area contributed by atoms with Crippen molar-refractivity contribution in [2.24, 2.45) is 0 Å². The van der Waals surface area contributed by atoms with Crippen LogP contribution in [0.3, 0.4) is 0 Å². The second-order valence-electron chi connectivity index (χ2n) is 17.5. The average Bonchev–Trinajstić information content (AvgIpc) is 3.44. The molecule has 0 unspecified atom stereocenters. The first-order chi connectivity index (χ1) is 34.7. The summed E-state index contributed by atoms with van der Waals surface area (Å²) in [5, 5.41) is 5.07. The molecule has 0 saturated carbocycles. The van der Waals surface area contributed by atoms with Gasteiger partial charge in [0.1, 0.15) is 0 Å². The Kier molecular flexibility index (Phi) is 14.4. The number of rotatable bonds is 16. The quantitative estimate of drug-likeness (QED) is 0.0699. The van der Waals surface area contributed by atoms with Gasteiger partial charge in [-0.25, -0.2) is 0 Å². The van der Waals surface area contributed by atoms with Crippen molar-refractivity contribution in [3.63, 3.8) is 0 Å². The number of benzene rings is 11. The highest BCUT2D eigenvalue weighted by Crippen LogP contribution is 2.45. The van der Waals surface area contributed by atoms with Gasteiger partial charge in [0.25, 0.3) is 0 Å². The standard InChI is InChI=1S/C66H50S4/c1-5-17-57(18-6-1)67-43-47-37-48(44-68-58-19-7-2-8-20-58)40-55(39-47)51-29-33-53(34-30-51)65-63-27-15-13-25-61(63)62-26-14-16-28-64(62)66(65)54-35-31-52(32-36-54)56-41-49(45-69-59-21-9-3-10-22-59)38-50(42-56)46-70-60-23-11-4-12-24-60/h1-42H,43-46H2. The van der Waals surface area contributed by atoms with Crippen LogP contribution in [-0.4, -0.2) is 0 Å². The van der Waals surface area contributed by atoms with E-state index in [1.807, 2.05) is 47.0 Å². The molecule has 0 aliphatic heterocycles. The average molecular weight is 971 g/mol. The Hall–Kier alpha value is -6.66. The van der Waals surface area contributed by atoms with Crippen LogP contribution in [0.4, 0.5) is 0 Å². The van der Waals surface area contributed by atoms with E-state index in [0.29, 0.717) is 0 Å². The van der Waals surface area contributed by atoms with Gasteiger partial charge in [0, 0.05) is 42.6 Å². The molecule has 0 amide bonds. The van der Waals surface area contributed by atoms with Crippen LogP contribution < -0.4 is 0 Å². The van der Waals surface area contributed by atoms with Crippen molar-refractivity contribution in [1.29, 1.82) is 0 Å². The molecule has 0 heterocycles. The lowest BCUT2D eigenvalue weighted by atomic mass is 9.84. The third kappa shape index (κ3) is 10.9. The van der Waals surface area contributed by atoms with Crippen LogP contribution in [0, 0.1) is 0 Å². The van der Waals surface area contributed by atoms with Gasteiger partial charge in [-0.2, -0.15) is 0 Å². The zero-order valence-electron chi connectivity index (χ0n) is 38.7. The van der Waals surface area contributed by atoms with E-state index in [1.54, 1.807) is 0 Å². The molecule has 0 radical (unpaired) electrons. The Balaban J connectivity index is 0.954. The molecule has 0 N–H and O–H groups in total. The summed E-state index contributed by atoms with van der Waals surface area (Å²) < 4.78 is 0. The fourth-order valence-electron chi connectivity index (χ4n) is 9.33. The van der Waals surface area contributed by atoms with Gasteiger partial charge in [-0.1, -0.05) is 206 Å². The topological polar surface area (TPSA) is 0 Å². The Morgan fingerprint density at radius 1 is 0.200 bits per heavy atom. The maximum atomic E-state index is 2.40. The van der Waals surface area contributed by atoms with Crippen molar-refractivity contribution in [3.05, 3.63) is 277 Å². The Labute approximate surface area is 429 Å². The van der Waals surface area contributed by atoms with Gasteiger partial charge in [-0.15, -0.1) is 47.0 Å². The minimum atomic E-state index is 0.914. The molecular formula is C66H50S4. The van der Waals surface area contributed by atoms with Crippen molar-refractivity contribution in [2.45, 2.75) is 42.6 Å². The van der Waals surface area contributed by atoms with Gasteiger partial charge >= 0.3 is 0 Å². The fraction of sp³-hybridized carbons (Fsp3) is 0.0606. The highest BCUT2D eigenvalue weighted by atomic mass is 32.2. The second kappa shape index (κ2) is 22.0. The van der Waals surface area contributed by atoms with E-state index in [0.717, 1.165) is 23.0 Å². The van der Waals surface area contributed by atoms with Crippen molar-refractivity contribution >= 4 is 68.6 Å². The molecule has 338 valence electrons. The van der Waals surface area contributed by atoms with Crippen LogP contribution in [-0.2, 0) is 23.0 Å². The summed E-state index contributed by atoms with van der Waals surface area (Å²) in [6, 6.07) is 93.9. The highest BCUT2D eigenvalue weighted by molar-refractivity contribution is 7.99. The summed E-state index contributed by atoms with van der Waals surface area (Å²) in [5.41, 5.74) is 15.3. The van der Waals surface area contributed by atoms with Gasteiger partial charge < -0.3 is 0 Å². The van der Waals surface area contributed by atoms with Crippen molar-refractivity contribution in [1.82, 2.24) is 0 Å². The number of fused-ring (bicyclic) bond motifs is 3. The molecular weight excluding hydrogens is 921 g/mol. The normalized spacial score (nSPS) is 11.3. The van der Waals surface area contributed by atoms with E-state index < -0.39 is 0 Å². The SMILES string of the molecule is c1ccc(SCc2cc(CSc3ccccc3)cc(-c3ccc(-c4c(-c5ccc(-c6cc(CSc7ccccc7)cc(CSc7ccccc7)c6)cc5)c5ccccc5c5ccccc45)cc3)c2)cc1. The molecule has 4 heteroatoms. The van der Waals surface area contributed by atoms with Crippen LogP contribution in [0.5, 0.6) is 0 Å². The summed E-state index contributed by atoms with van der Waals surface area (Å²) in [7, 11) is 0. The Bertz CT molecular complexity index is 3140. The van der Waals surface area contributed by atoms with Gasteiger partial charge in [-0.05, 0) is 137 Å². The minimum absolute atomic E-state index is 0.914. The molecule has 0 nitrogen and oxygen atoms in total. The van der Waals surface area contributed by atoms with Crippen molar-refractivity contribution in [2.75, 3.05) is 0 Å². The van der Waals surface area contributed by atoms with E-state index in [4.69, 9.17) is 0 Å². The van der Waals surface area contributed by atoms with E-state index in [-0.39, 0.29) is 0 Å². The van der Waals surface area contributed by atoms with Crippen LogP contribution in [0.25, 0.3) is 66.1 Å². The lowest BCUT2D eigenvalue weighted by molar-refractivity contribution is 1.31. The molecule has 11 aromatic carbocycles. The predicted molar refractivity (Wildman–Crippen MR) is 307 cm³/mol. The lowest BCUT2D eigenvalue weighted by Crippen LogP contribution is -1.93. The molecule has 0 spiro atoms. The Morgan fingerprint density at radius 3 is 0.729 bits per heavy atom. The van der Waals surface area contributed by atoms with Crippen LogP contribution in [0.2, 0.25) is 0 Å². The first-order valence-corrected chi connectivity index (χ1v) is 27.7. The Morgan fingerprint density at radius 2 is 0.443 bits per heavy atom. The number of thioether (sulfide) groups is 4. The van der Waals surface area contributed by atoms with E-state index >= 15 is 0 Å². The predicted octanol–water partition coefficient (Wildman–Crippen LogP) is 19.8. The van der Waals surface area contributed by atoms with Gasteiger partial charge in [0.2, 0.25) is 0 Å². The number of hydrogen-bond acceptors (Lipinski definition) is 4. The van der Waals surface area contributed by atoms with Crippen molar-refractivity contribution in [3.8, 4) is 44.5 Å². The monoisotopic (exact) mass is 970 g/mol. The largest absolute Gasteiger partial charge is 0.121 e. The van der Waals surface area contributed by atoms with Crippen LogP contribution in [0.1, 0.15) is 22.3 Å². The molecule has 11 rings (SSSR count). The molecule has 0 saturated heterocycles. The first-order valence-electron chi connectivity index (χ1n) is 23.8. The summed E-state index contributed by atoms with van der Waals surface area (Å²) in [6.07, 6.45) is 0. The summed E-state index contributed by atoms with van der Waals surface area (Å²) in [6.45, 7) is 0. The molecule has 11 aromatic rings. The summed E-state index contributed by atoms with van der Waals surface area (Å²) >= 11 is 7.58. The third-order valence-corrected chi connectivity index (χ3v) is 17.0. The molecule has 0 fully saturated rings. The third-order valence-electron chi connectivity index (χ3n) is 12.6.